The molecule has 2 aromatic carbocycles. The highest BCUT2D eigenvalue weighted by Gasteiger charge is 2.29. The lowest BCUT2D eigenvalue weighted by Crippen LogP contribution is -2.34. The Labute approximate surface area is 221 Å². The number of fused-ring (bicyclic) bond motifs is 2. The van der Waals surface area contributed by atoms with Crippen LogP contribution in [-0.2, 0) is 13.0 Å². The van der Waals surface area contributed by atoms with Crippen LogP contribution in [0.5, 0.6) is 11.5 Å². The fourth-order valence-electron chi connectivity index (χ4n) is 5.82. The fourth-order valence-corrected chi connectivity index (χ4v) is 5.82. The van der Waals surface area contributed by atoms with Crippen molar-refractivity contribution in [2.45, 2.75) is 64.1 Å². The molecule has 0 spiro atoms. The van der Waals surface area contributed by atoms with Gasteiger partial charge in [-0.05, 0) is 53.8 Å². The van der Waals surface area contributed by atoms with E-state index in [1.54, 1.807) is 0 Å². The molecule has 0 bridgehead atoms. The number of H-pyrrole nitrogens is 1. The zero-order valence-corrected chi connectivity index (χ0v) is 21.8. The van der Waals surface area contributed by atoms with E-state index in [0.717, 1.165) is 49.0 Å². The van der Waals surface area contributed by atoms with Crippen molar-refractivity contribution in [1.82, 2.24) is 30.1 Å². The predicted octanol–water partition coefficient (Wildman–Crippen LogP) is 4.60. The van der Waals surface area contributed by atoms with Gasteiger partial charge in [0.1, 0.15) is 13.2 Å². The first-order valence-corrected chi connectivity index (χ1v) is 13.7. The second-order valence-corrected chi connectivity index (χ2v) is 10.3. The van der Waals surface area contributed by atoms with Crippen molar-refractivity contribution in [3.63, 3.8) is 0 Å². The molecule has 0 amide bonds. The van der Waals surface area contributed by atoms with E-state index < -0.39 is 0 Å². The molecule has 6 rings (SSSR count). The summed E-state index contributed by atoms with van der Waals surface area (Å²) in [6.07, 6.45) is 6.35. The van der Waals surface area contributed by atoms with Crippen LogP contribution in [0.3, 0.4) is 0 Å². The summed E-state index contributed by atoms with van der Waals surface area (Å²) in [5, 5.41) is 13.9. The van der Waals surface area contributed by atoms with Gasteiger partial charge in [-0.15, -0.1) is 5.10 Å². The highest BCUT2D eigenvalue weighted by molar-refractivity contribution is 5.83. The SMILES string of the molecule is CC[C@H](c1nnnn1C1CCCC1)N(CCc1ccccc1)Cc1cc2cc3c(cc2[nH]c1=O)OCCO3. The van der Waals surface area contributed by atoms with Gasteiger partial charge < -0.3 is 14.5 Å². The quantitative estimate of drug-likeness (QED) is 0.349. The predicted molar refractivity (Wildman–Crippen MR) is 144 cm³/mol. The molecule has 0 radical (unpaired) electrons. The molecule has 198 valence electrons. The van der Waals surface area contributed by atoms with Crippen LogP contribution < -0.4 is 15.0 Å². The van der Waals surface area contributed by atoms with Crippen molar-refractivity contribution in [2.24, 2.45) is 0 Å². The molecule has 1 saturated carbocycles. The Morgan fingerprint density at radius 2 is 1.84 bits per heavy atom. The van der Waals surface area contributed by atoms with Gasteiger partial charge in [-0.25, -0.2) is 4.68 Å². The molecule has 2 aliphatic rings. The first kappa shape index (κ1) is 24.6. The molecule has 2 aromatic heterocycles. The summed E-state index contributed by atoms with van der Waals surface area (Å²) in [6.45, 7) is 4.47. The third-order valence-corrected chi connectivity index (χ3v) is 7.80. The first-order chi connectivity index (χ1) is 18.7. The van der Waals surface area contributed by atoms with Crippen LogP contribution in [0.2, 0.25) is 0 Å². The molecular weight excluding hydrogens is 480 g/mol. The van der Waals surface area contributed by atoms with Gasteiger partial charge in [0, 0.05) is 30.1 Å². The normalized spacial score (nSPS) is 16.4. The second-order valence-electron chi connectivity index (χ2n) is 10.3. The van der Waals surface area contributed by atoms with E-state index in [9.17, 15) is 4.79 Å². The van der Waals surface area contributed by atoms with E-state index in [0.29, 0.717) is 42.9 Å². The summed E-state index contributed by atoms with van der Waals surface area (Å²) in [5.74, 6) is 2.27. The zero-order chi connectivity index (χ0) is 25.9. The van der Waals surface area contributed by atoms with Gasteiger partial charge in [-0.3, -0.25) is 9.69 Å². The van der Waals surface area contributed by atoms with Gasteiger partial charge >= 0.3 is 0 Å². The lowest BCUT2D eigenvalue weighted by molar-refractivity contribution is 0.168. The van der Waals surface area contributed by atoms with Crippen LogP contribution in [0.1, 0.15) is 68.1 Å². The van der Waals surface area contributed by atoms with E-state index in [1.807, 2.05) is 28.9 Å². The highest BCUT2D eigenvalue weighted by Crippen LogP contribution is 2.35. The Bertz CT molecular complexity index is 1440. The molecule has 1 atom stereocenters. The van der Waals surface area contributed by atoms with E-state index in [1.165, 1.54) is 18.4 Å². The Kier molecular flexibility index (Phi) is 7.09. The van der Waals surface area contributed by atoms with E-state index in [4.69, 9.17) is 9.47 Å². The van der Waals surface area contributed by atoms with Crippen molar-refractivity contribution in [1.29, 1.82) is 0 Å². The van der Waals surface area contributed by atoms with Crippen molar-refractivity contribution in [3.05, 3.63) is 75.8 Å². The van der Waals surface area contributed by atoms with Crippen LogP contribution in [0.25, 0.3) is 10.9 Å². The Morgan fingerprint density at radius 1 is 1.08 bits per heavy atom. The lowest BCUT2D eigenvalue weighted by atomic mass is 10.1. The van der Waals surface area contributed by atoms with Gasteiger partial charge in [0.2, 0.25) is 0 Å². The maximum Gasteiger partial charge on any atom is 0.252 e. The number of benzene rings is 2. The number of ether oxygens (including phenoxy) is 2. The van der Waals surface area contributed by atoms with Crippen molar-refractivity contribution in [3.8, 4) is 11.5 Å². The molecule has 1 aliphatic heterocycles. The molecular formula is C29H34N6O3. The molecule has 3 heterocycles. The third-order valence-electron chi connectivity index (χ3n) is 7.80. The molecule has 0 saturated heterocycles. The Balaban J connectivity index is 1.34. The van der Waals surface area contributed by atoms with Gasteiger partial charge in [0.25, 0.3) is 5.56 Å². The van der Waals surface area contributed by atoms with Crippen LogP contribution in [0, 0.1) is 0 Å². The van der Waals surface area contributed by atoms with Crippen LogP contribution in [0.15, 0.2) is 53.3 Å². The molecule has 1 fully saturated rings. The average Bonchev–Trinajstić information content (AvgIpc) is 3.64. The fraction of sp³-hybridized carbons (Fsp3) is 0.448. The molecule has 0 unspecified atom stereocenters. The largest absolute Gasteiger partial charge is 0.486 e. The number of aromatic amines is 1. The van der Waals surface area contributed by atoms with Crippen LogP contribution in [0.4, 0.5) is 0 Å². The number of rotatable bonds is 9. The van der Waals surface area contributed by atoms with Gasteiger partial charge in [-0.1, -0.05) is 50.1 Å². The summed E-state index contributed by atoms with van der Waals surface area (Å²) in [7, 11) is 0. The Morgan fingerprint density at radius 3 is 2.61 bits per heavy atom. The summed E-state index contributed by atoms with van der Waals surface area (Å²) < 4.78 is 13.5. The van der Waals surface area contributed by atoms with Crippen LogP contribution in [-0.4, -0.2) is 49.8 Å². The summed E-state index contributed by atoms with van der Waals surface area (Å²) in [6, 6.07) is 16.6. The van der Waals surface area contributed by atoms with E-state index in [2.05, 4.69) is 56.6 Å². The minimum atomic E-state index is -0.0934. The average molecular weight is 515 g/mol. The maximum absolute atomic E-state index is 13.3. The van der Waals surface area contributed by atoms with Crippen molar-refractivity contribution < 1.29 is 9.47 Å². The summed E-state index contributed by atoms with van der Waals surface area (Å²) >= 11 is 0. The number of hydrogen-bond donors (Lipinski definition) is 1. The smallest absolute Gasteiger partial charge is 0.252 e. The van der Waals surface area contributed by atoms with Gasteiger partial charge in [-0.2, -0.15) is 0 Å². The van der Waals surface area contributed by atoms with Crippen LogP contribution >= 0.6 is 0 Å². The third kappa shape index (κ3) is 5.03. The summed E-state index contributed by atoms with van der Waals surface area (Å²) in [5.41, 5.74) is 2.62. The minimum Gasteiger partial charge on any atom is -0.486 e. The molecule has 1 aliphatic carbocycles. The standard InChI is InChI=1S/C29H34N6O3/c1-2-25(28-31-32-33-35(28)23-10-6-7-11-23)34(13-12-20-8-4-3-5-9-20)19-22-16-21-17-26-27(38-15-14-37-26)18-24(21)30-29(22)36/h3-5,8-9,16-18,23,25H,2,6-7,10-15,19H2,1H3,(H,30,36)/t25-/m1/s1. The monoisotopic (exact) mass is 514 g/mol. The molecule has 38 heavy (non-hydrogen) atoms. The minimum absolute atomic E-state index is 0.00956. The lowest BCUT2D eigenvalue weighted by Gasteiger charge is -2.31. The number of aromatic nitrogens is 5. The number of pyridine rings is 1. The van der Waals surface area contributed by atoms with E-state index in [-0.39, 0.29) is 11.6 Å². The number of tetrazole rings is 1. The number of nitrogens with zero attached hydrogens (tertiary/aromatic N) is 5. The number of hydrogen-bond acceptors (Lipinski definition) is 7. The van der Waals surface area contributed by atoms with Crippen molar-refractivity contribution in [2.75, 3.05) is 19.8 Å². The molecule has 9 nitrogen and oxygen atoms in total. The van der Waals surface area contributed by atoms with Gasteiger partial charge in [0.05, 0.1) is 17.6 Å². The second kappa shape index (κ2) is 10.9. The molecule has 4 aromatic rings. The number of nitrogens with one attached hydrogen (secondary N) is 1. The highest BCUT2D eigenvalue weighted by atomic mass is 16.6. The maximum atomic E-state index is 13.3. The Hall–Kier alpha value is -3.72. The van der Waals surface area contributed by atoms with Gasteiger partial charge in [0.15, 0.2) is 17.3 Å². The first-order valence-electron chi connectivity index (χ1n) is 13.7. The van der Waals surface area contributed by atoms with E-state index >= 15 is 0 Å². The summed E-state index contributed by atoms with van der Waals surface area (Å²) in [4.78, 5) is 18.7. The molecule has 9 heteroatoms. The van der Waals surface area contributed by atoms with Crippen molar-refractivity contribution >= 4 is 10.9 Å². The zero-order valence-electron chi connectivity index (χ0n) is 21.8. The topological polar surface area (TPSA) is 98.2 Å². The molecule has 1 N–H and O–H groups in total.